The van der Waals surface area contributed by atoms with Crippen LogP contribution in [0.5, 0.6) is 0 Å². The SMILES string of the molecule is CN1c2ccc(C3=CCCCC3)cc2[C@@H]2[C@@H](CCN2C(=O)c2cnccn2)[C@H]1CO. The quantitative estimate of drug-likeness (QED) is 0.849. The zero-order valence-electron chi connectivity index (χ0n) is 17.4. The van der Waals surface area contributed by atoms with Gasteiger partial charge >= 0.3 is 0 Å². The molecule has 3 heterocycles. The van der Waals surface area contributed by atoms with Crippen LogP contribution >= 0.6 is 0 Å². The molecule has 0 unspecified atom stereocenters. The molecule has 6 heteroatoms. The first-order valence-corrected chi connectivity index (χ1v) is 10.9. The lowest BCUT2D eigenvalue weighted by Gasteiger charge is -2.44. The first kappa shape index (κ1) is 19.2. The number of hydrogen-bond acceptors (Lipinski definition) is 5. The number of anilines is 1. The van der Waals surface area contributed by atoms with Crippen LogP contribution in [0.15, 0.2) is 42.9 Å². The van der Waals surface area contributed by atoms with Crippen LogP contribution in [0.1, 0.15) is 59.8 Å². The van der Waals surface area contributed by atoms with Crippen molar-refractivity contribution in [2.24, 2.45) is 5.92 Å². The molecule has 1 aromatic carbocycles. The van der Waals surface area contributed by atoms with Gasteiger partial charge in [0.05, 0.1) is 24.9 Å². The Kier molecular flexibility index (Phi) is 5.03. The van der Waals surface area contributed by atoms with E-state index < -0.39 is 0 Å². The molecule has 2 aromatic rings. The molecule has 0 radical (unpaired) electrons. The van der Waals surface area contributed by atoms with Gasteiger partial charge in [-0.05, 0) is 60.9 Å². The molecule has 156 valence electrons. The number of hydrogen-bond donors (Lipinski definition) is 1. The van der Waals surface area contributed by atoms with Gasteiger partial charge in [-0.2, -0.15) is 0 Å². The Hall–Kier alpha value is -2.73. The standard InChI is InChI=1S/C24H28N4O2/c1-27-21-8-7-17(16-5-3-2-4-6-16)13-19(21)23-18(22(27)15-29)9-12-28(23)24(30)20-14-25-10-11-26-20/h5,7-8,10-11,13-14,18,22-23,29H,2-4,6,9,12,15H2,1H3/t18-,22+,23-/m0/s1. The summed E-state index contributed by atoms with van der Waals surface area (Å²) in [5.41, 5.74) is 5.35. The molecule has 3 atom stereocenters. The minimum Gasteiger partial charge on any atom is -0.394 e. The Labute approximate surface area is 177 Å². The largest absolute Gasteiger partial charge is 0.394 e. The maximum Gasteiger partial charge on any atom is 0.274 e. The molecule has 1 aliphatic carbocycles. The number of likely N-dealkylation sites (N-methyl/N-ethyl adjacent to an activating group) is 1. The van der Waals surface area contributed by atoms with Gasteiger partial charge in [0, 0.05) is 37.6 Å². The van der Waals surface area contributed by atoms with Crippen molar-refractivity contribution in [1.82, 2.24) is 14.9 Å². The third kappa shape index (κ3) is 3.10. The van der Waals surface area contributed by atoms with Crippen molar-refractivity contribution in [2.45, 2.75) is 44.2 Å². The Morgan fingerprint density at radius 1 is 1.27 bits per heavy atom. The van der Waals surface area contributed by atoms with Crippen LogP contribution in [0.3, 0.4) is 0 Å². The van der Waals surface area contributed by atoms with Gasteiger partial charge in [-0.25, -0.2) is 4.98 Å². The summed E-state index contributed by atoms with van der Waals surface area (Å²) in [5, 5.41) is 10.2. The molecule has 5 rings (SSSR count). The van der Waals surface area contributed by atoms with Gasteiger partial charge < -0.3 is 14.9 Å². The van der Waals surface area contributed by atoms with Crippen LogP contribution in [0.25, 0.3) is 5.57 Å². The van der Waals surface area contributed by atoms with E-state index >= 15 is 0 Å². The summed E-state index contributed by atoms with van der Waals surface area (Å²) in [4.78, 5) is 25.8. The number of aromatic nitrogens is 2. The Morgan fingerprint density at radius 2 is 2.17 bits per heavy atom. The third-order valence-corrected chi connectivity index (χ3v) is 7.05. The predicted octanol–water partition coefficient (Wildman–Crippen LogP) is 3.45. The number of fused-ring (bicyclic) bond motifs is 3. The first-order chi connectivity index (χ1) is 14.7. The van der Waals surface area contributed by atoms with E-state index in [9.17, 15) is 9.90 Å². The number of nitrogens with zero attached hydrogens (tertiary/aromatic N) is 4. The number of allylic oxidation sites excluding steroid dienone is 2. The summed E-state index contributed by atoms with van der Waals surface area (Å²) in [5.74, 6) is 0.119. The Balaban J connectivity index is 1.58. The third-order valence-electron chi connectivity index (χ3n) is 7.05. The zero-order valence-corrected chi connectivity index (χ0v) is 17.4. The van der Waals surface area contributed by atoms with Gasteiger partial charge in [0.2, 0.25) is 0 Å². The highest BCUT2D eigenvalue weighted by Gasteiger charge is 2.48. The van der Waals surface area contributed by atoms with Crippen molar-refractivity contribution in [1.29, 1.82) is 0 Å². The van der Waals surface area contributed by atoms with E-state index in [-0.39, 0.29) is 30.5 Å². The average molecular weight is 405 g/mol. The second-order valence-corrected chi connectivity index (χ2v) is 8.60. The van der Waals surface area contributed by atoms with E-state index in [2.05, 4.69) is 46.2 Å². The fraction of sp³-hybridized carbons (Fsp3) is 0.458. The summed E-state index contributed by atoms with van der Waals surface area (Å²) in [6.45, 7) is 0.749. The van der Waals surface area contributed by atoms with Crippen molar-refractivity contribution in [3.05, 3.63) is 59.7 Å². The van der Waals surface area contributed by atoms with Gasteiger partial charge in [-0.15, -0.1) is 0 Å². The fourth-order valence-electron chi connectivity index (χ4n) is 5.54. The zero-order chi connectivity index (χ0) is 20.7. The molecule has 1 amide bonds. The minimum absolute atomic E-state index is 0.00176. The number of aliphatic hydroxyl groups is 1. The van der Waals surface area contributed by atoms with Gasteiger partial charge in [-0.3, -0.25) is 9.78 Å². The maximum absolute atomic E-state index is 13.3. The second-order valence-electron chi connectivity index (χ2n) is 8.60. The van der Waals surface area contributed by atoms with E-state index in [0.717, 1.165) is 24.9 Å². The Bertz CT molecular complexity index is 974. The van der Waals surface area contributed by atoms with E-state index in [4.69, 9.17) is 0 Å². The van der Waals surface area contributed by atoms with Crippen LogP contribution in [0.2, 0.25) is 0 Å². The lowest BCUT2D eigenvalue weighted by Crippen LogP contribution is -2.48. The maximum atomic E-state index is 13.3. The van der Waals surface area contributed by atoms with Crippen molar-refractivity contribution in [2.75, 3.05) is 25.1 Å². The highest BCUT2D eigenvalue weighted by atomic mass is 16.3. The number of carbonyl (C=O) groups excluding carboxylic acids is 1. The fourth-order valence-corrected chi connectivity index (χ4v) is 5.54. The molecule has 30 heavy (non-hydrogen) atoms. The molecular formula is C24H28N4O2. The summed E-state index contributed by atoms with van der Waals surface area (Å²) in [6.07, 6.45) is 12.7. The van der Waals surface area contributed by atoms with E-state index in [1.165, 1.54) is 35.7 Å². The van der Waals surface area contributed by atoms with Crippen LogP contribution in [-0.2, 0) is 0 Å². The number of rotatable bonds is 3. The van der Waals surface area contributed by atoms with E-state index in [0.29, 0.717) is 12.2 Å². The highest BCUT2D eigenvalue weighted by Crippen LogP contribution is 2.49. The summed E-state index contributed by atoms with van der Waals surface area (Å²) < 4.78 is 0. The van der Waals surface area contributed by atoms with E-state index in [1.54, 1.807) is 12.4 Å². The van der Waals surface area contributed by atoms with Crippen LogP contribution in [-0.4, -0.2) is 52.1 Å². The van der Waals surface area contributed by atoms with Gasteiger partial charge in [-0.1, -0.05) is 12.1 Å². The number of carbonyl (C=O) groups is 1. The molecule has 6 nitrogen and oxygen atoms in total. The second kappa shape index (κ2) is 7.84. The van der Waals surface area contributed by atoms with Crippen molar-refractivity contribution >= 4 is 17.2 Å². The number of likely N-dealkylation sites (tertiary alicyclic amines) is 1. The molecule has 0 bridgehead atoms. The van der Waals surface area contributed by atoms with Gasteiger partial charge in [0.1, 0.15) is 5.69 Å². The van der Waals surface area contributed by atoms with Gasteiger partial charge in [0.15, 0.2) is 0 Å². The Morgan fingerprint density at radius 3 is 2.90 bits per heavy atom. The minimum atomic E-state index is -0.0786. The van der Waals surface area contributed by atoms with Crippen molar-refractivity contribution in [3.8, 4) is 0 Å². The molecule has 1 fully saturated rings. The van der Waals surface area contributed by atoms with Crippen LogP contribution in [0, 0.1) is 5.92 Å². The molecule has 2 aliphatic heterocycles. The first-order valence-electron chi connectivity index (χ1n) is 10.9. The van der Waals surface area contributed by atoms with Crippen LogP contribution in [0.4, 0.5) is 5.69 Å². The molecule has 0 spiro atoms. The summed E-state index contributed by atoms with van der Waals surface area (Å²) in [7, 11) is 2.06. The van der Waals surface area contributed by atoms with Crippen molar-refractivity contribution < 1.29 is 9.90 Å². The summed E-state index contributed by atoms with van der Waals surface area (Å²) >= 11 is 0. The molecule has 0 saturated carbocycles. The number of aliphatic hydroxyl groups excluding tert-OH is 1. The number of amides is 1. The van der Waals surface area contributed by atoms with Gasteiger partial charge in [0.25, 0.3) is 5.91 Å². The van der Waals surface area contributed by atoms with E-state index in [1.807, 2.05) is 4.90 Å². The monoisotopic (exact) mass is 404 g/mol. The smallest absolute Gasteiger partial charge is 0.274 e. The predicted molar refractivity (Wildman–Crippen MR) is 116 cm³/mol. The highest BCUT2D eigenvalue weighted by molar-refractivity contribution is 5.93. The van der Waals surface area contributed by atoms with Crippen LogP contribution < -0.4 is 4.90 Å². The lowest BCUT2D eigenvalue weighted by molar-refractivity contribution is 0.0687. The van der Waals surface area contributed by atoms with Crippen molar-refractivity contribution in [3.63, 3.8) is 0 Å². The lowest BCUT2D eigenvalue weighted by atomic mass is 9.80. The molecular weight excluding hydrogens is 376 g/mol. The summed E-state index contributed by atoms with van der Waals surface area (Å²) in [6, 6.07) is 6.61. The molecule has 1 aromatic heterocycles. The number of benzene rings is 1. The topological polar surface area (TPSA) is 69.6 Å². The average Bonchev–Trinajstić information content (AvgIpc) is 3.25. The molecule has 1 saturated heterocycles. The molecule has 3 aliphatic rings. The molecule has 1 N–H and O–H groups in total. The normalized spacial score (nSPS) is 25.5.